The van der Waals surface area contributed by atoms with Crippen LogP contribution in [-0.4, -0.2) is 42.9 Å². The van der Waals surface area contributed by atoms with Crippen molar-refractivity contribution in [1.82, 2.24) is 10.2 Å². The molecule has 1 aliphatic heterocycles. The second-order valence-electron chi connectivity index (χ2n) is 5.27. The summed E-state index contributed by atoms with van der Waals surface area (Å²) in [4.78, 5) is 17.9. The molecule has 1 aromatic rings. The number of amides is 1. The summed E-state index contributed by atoms with van der Waals surface area (Å²) < 4.78 is 0. The standard InChI is InChI=1S/C16H24N4O.HI/c17-16(18-10-8-14-6-2-1-3-7-14)19-11-9-15(21)20-12-4-5-13-20;/h1-3,6-7H,4-5,8-13H2,(H3,17,18,19);1H. The van der Waals surface area contributed by atoms with Gasteiger partial charge in [-0.15, -0.1) is 24.0 Å². The molecule has 22 heavy (non-hydrogen) atoms. The molecule has 0 aliphatic carbocycles. The number of halogens is 1. The van der Waals surface area contributed by atoms with Gasteiger partial charge in [0.05, 0.1) is 6.54 Å². The summed E-state index contributed by atoms with van der Waals surface area (Å²) in [6.45, 7) is 3.00. The largest absolute Gasteiger partial charge is 0.370 e. The Morgan fingerprint density at radius 3 is 2.59 bits per heavy atom. The highest BCUT2D eigenvalue weighted by Crippen LogP contribution is 2.08. The van der Waals surface area contributed by atoms with Crippen LogP contribution in [0, 0.1) is 0 Å². The van der Waals surface area contributed by atoms with Gasteiger partial charge in [0, 0.05) is 26.1 Å². The Labute approximate surface area is 149 Å². The van der Waals surface area contributed by atoms with Crippen molar-refractivity contribution >= 4 is 35.8 Å². The number of hydrogen-bond acceptors (Lipinski definition) is 2. The number of carbonyl (C=O) groups excluding carboxylic acids is 1. The molecule has 2 rings (SSSR count). The summed E-state index contributed by atoms with van der Waals surface area (Å²) in [5.41, 5.74) is 7.06. The summed E-state index contributed by atoms with van der Waals surface area (Å²) in [5.74, 6) is 0.605. The minimum Gasteiger partial charge on any atom is -0.370 e. The Kier molecular flexibility index (Phi) is 8.88. The van der Waals surface area contributed by atoms with Crippen molar-refractivity contribution in [3.8, 4) is 0 Å². The molecule has 1 fully saturated rings. The molecule has 122 valence electrons. The van der Waals surface area contributed by atoms with Gasteiger partial charge >= 0.3 is 0 Å². The van der Waals surface area contributed by atoms with E-state index in [0.717, 1.165) is 38.9 Å². The highest BCUT2D eigenvalue weighted by Gasteiger charge is 2.16. The lowest BCUT2D eigenvalue weighted by molar-refractivity contribution is -0.129. The molecule has 1 aromatic carbocycles. The molecule has 5 nitrogen and oxygen atoms in total. The molecule has 6 heteroatoms. The molecule has 1 amide bonds. The van der Waals surface area contributed by atoms with Crippen LogP contribution < -0.4 is 11.1 Å². The Morgan fingerprint density at radius 2 is 1.91 bits per heavy atom. The van der Waals surface area contributed by atoms with Crippen LogP contribution in [0.5, 0.6) is 0 Å². The summed E-state index contributed by atoms with van der Waals surface area (Å²) in [7, 11) is 0. The zero-order valence-electron chi connectivity index (χ0n) is 12.8. The van der Waals surface area contributed by atoms with E-state index in [4.69, 9.17) is 5.73 Å². The van der Waals surface area contributed by atoms with Gasteiger partial charge in [-0.05, 0) is 24.8 Å². The Hall–Kier alpha value is -1.31. The van der Waals surface area contributed by atoms with Crippen LogP contribution in [0.15, 0.2) is 35.3 Å². The first kappa shape index (κ1) is 18.7. The number of nitrogens with two attached hydrogens (primary N) is 1. The van der Waals surface area contributed by atoms with E-state index < -0.39 is 0 Å². The van der Waals surface area contributed by atoms with Crippen LogP contribution in [0.2, 0.25) is 0 Å². The van der Waals surface area contributed by atoms with Crippen molar-refractivity contribution < 1.29 is 4.79 Å². The summed E-state index contributed by atoms with van der Waals surface area (Å²) in [6, 6.07) is 10.2. The van der Waals surface area contributed by atoms with Gasteiger partial charge in [0.15, 0.2) is 5.96 Å². The van der Waals surface area contributed by atoms with E-state index in [0.29, 0.717) is 18.9 Å². The van der Waals surface area contributed by atoms with Crippen molar-refractivity contribution in [2.75, 3.05) is 26.2 Å². The average Bonchev–Trinajstić information content (AvgIpc) is 3.02. The Bertz CT molecular complexity index is 472. The lowest BCUT2D eigenvalue weighted by Gasteiger charge is -2.14. The van der Waals surface area contributed by atoms with Crippen LogP contribution in [0.1, 0.15) is 24.8 Å². The molecule has 0 spiro atoms. The molecule has 0 aromatic heterocycles. The average molecular weight is 416 g/mol. The van der Waals surface area contributed by atoms with Crippen LogP contribution in [0.3, 0.4) is 0 Å². The predicted octanol–water partition coefficient (Wildman–Crippen LogP) is 1.76. The maximum atomic E-state index is 11.8. The number of aliphatic imine (C=N–C) groups is 1. The zero-order valence-corrected chi connectivity index (χ0v) is 15.2. The van der Waals surface area contributed by atoms with Crippen molar-refractivity contribution in [1.29, 1.82) is 0 Å². The van der Waals surface area contributed by atoms with Gasteiger partial charge in [-0.3, -0.25) is 9.79 Å². The number of rotatable bonds is 6. The molecule has 1 aliphatic rings. The van der Waals surface area contributed by atoms with E-state index in [2.05, 4.69) is 22.4 Å². The van der Waals surface area contributed by atoms with Crippen LogP contribution in [0.25, 0.3) is 0 Å². The van der Waals surface area contributed by atoms with Gasteiger partial charge in [-0.1, -0.05) is 30.3 Å². The first-order valence-electron chi connectivity index (χ1n) is 7.61. The fraction of sp³-hybridized carbons (Fsp3) is 0.500. The van der Waals surface area contributed by atoms with Gasteiger partial charge < -0.3 is 16.0 Å². The number of carbonyl (C=O) groups is 1. The van der Waals surface area contributed by atoms with Crippen molar-refractivity contribution in [2.45, 2.75) is 25.7 Å². The number of likely N-dealkylation sites (tertiary alicyclic amines) is 1. The van der Waals surface area contributed by atoms with Crippen LogP contribution >= 0.6 is 24.0 Å². The molecule has 0 saturated carbocycles. The monoisotopic (exact) mass is 416 g/mol. The molecule has 1 saturated heterocycles. The van der Waals surface area contributed by atoms with E-state index in [1.807, 2.05) is 23.1 Å². The molecule has 1 heterocycles. The van der Waals surface area contributed by atoms with Crippen molar-refractivity contribution in [3.05, 3.63) is 35.9 Å². The first-order chi connectivity index (χ1) is 10.3. The molecule has 0 unspecified atom stereocenters. The number of benzene rings is 1. The highest BCUT2D eigenvalue weighted by atomic mass is 127. The van der Waals surface area contributed by atoms with Gasteiger partial charge in [-0.2, -0.15) is 0 Å². The lowest BCUT2D eigenvalue weighted by atomic mass is 10.1. The van der Waals surface area contributed by atoms with Gasteiger partial charge in [0.1, 0.15) is 0 Å². The Balaban J connectivity index is 0.00000242. The fourth-order valence-electron chi connectivity index (χ4n) is 2.43. The minimum absolute atomic E-state index is 0. The number of hydrogen-bond donors (Lipinski definition) is 2. The minimum atomic E-state index is 0. The van der Waals surface area contributed by atoms with Gasteiger partial charge in [0.25, 0.3) is 0 Å². The van der Waals surface area contributed by atoms with Crippen LogP contribution in [0.4, 0.5) is 0 Å². The smallest absolute Gasteiger partial charge is 0.224 e. The summed E-state index contributed by atoms with van der Waals surface area (Å²) in [6.07, 6.45) is 3.60. The quantitative estimate of drug-likeness (QED) is 0.422. The molecule has 0 radical (unpaired) electrons. The normalized spacial score (nSPS) is 14.5. The Morgan fingerprint density at radius 1 is 1.23 bits per heavy atom. The lowest BCUT2D eigenvalue weighted by Crippen LogP contribution is -2.34. The maximum absolute atomic E-state index is 11.8. The van der Waals surface area contributed by atoms with E-state index >= 15 is 0 Å². The number of guanidine groups is 1. The van der Waals surface area contributed by atoms with E-state index in [1.165, 1.54) is 5.56 Å². The predicted molar refractivity (Wildman–Crippen MR) is 100 cm³/mol. The molecular weight excluding hydrogens is 391 g/mol. The third kappa shape index (κ3) is 6.64. The topological polar surface area (TPSA) is 70.7 Å². The first-order valence-corrected chi connectivity index (χ1v) is 7.61. The van der Waals surface area contributed by atoms with Gasteiger partial charge in [0.2, 0.25) is 5.91 Å². The van der Waals surface area contributed by atoms with Crippen LogP contribution in [-0.2, 0) is 11.2 Å². The second kappa shape index (κ2) is 10.4. The zero-order chi connectivity index (χ0) is 14.9. The third-order valence-corrected chi connectivity index (χ3v) is 3.63. The van der Waals surface area contributed by atoms with Gasteiger partial charge in [-0.25, -0.2) is 0 Å². The molecule has 3 N–H and O–H groups in total. The number of nitrogens with one attached hydrogen (secondary N) is 1. The number of nitrogens with zero attached hydrogens (tertiary/aromatic N) is 2. The van der Waals surface area contributed by atoms with Crippen molar-refractivity contribution in [3.63, 3.8) is 0 Å². The SMILES string of the molecule is I.NC(=NCCC(=O)N1CCCC1)NCCc1ccccc1. The van der Waals surface area contributed by atoms with E-state index in [-0.39, 0.29) is 29.9 Å². The van der Waals surface area contributed by atoms with Crippen molar-refractivity contribution in [2.24, 2.45) is 10.7 Å². The summed E-state index contributed by atoms with van der Waals surface area (Å²) in [5, 5.41) is 3.08. The molecular formula is C16H25IN4O. The molecule has 0 bridgehead atoms. The summed E-state index contributed by atoms with van der Waals surface area (Å²) >= 11 is 0. The fourth-order valence-corrected chi connectivity index (χ4v) is 2.43. The van der Waals surface area contributed by atoms with E-state index in [1.54, 1.807) is 0 Å². The highest BCUT2D eigenvalue weighted by molar-refractivity contribution is 14.0. The van der Waals surface area contributed by atoms with E-state index in [9.17, 15) is 4.79 Å². The molecule has 0 atom stereocenters. The maximum Gasteiger partial charge on any atom is 0.224 e. The third-order valence-electron chi connectivity index (χ3n) is 3.63. The second-order valence-corrected chi connectivity index (χ2v) is 5.27.